The van der Waals surface area contributed by atoms with Crippen LogP contribution in [0.5, 0.6) is 0 Å². The average molecular weight is 1040 g/mol. The molecule has 0 spiro atoms. The third-order valence-electron chi connectivity index (χ3n) is 13.4. The lowest BCUT2D eigenvalue weighted by molar-refractivity contribution is -0.220. The molecule has 0 aromatic heterocycles. The highest BCUT2D eigenvalue weighted by Gasteiger charge is 2.51. The van der Waals surface area contributed by atoms with Gasteiger partial charge in [-0.25, -0.2) is 4.57 Å². The predicted molar refractivity (Wildman–Crippen MR) is 290 cm³/mol. The van der Waals surface area contributed by atoms with Crippen molar-refractivity contribution in [2.24, 2.45) is 0 Å². The molecule has 13 nitrogen and oxygen atoms in total. The van der Waals surface area contributed by atoms with Crippen molar-refractivity contribution in [3.05, 3.63) is 48.6 Å². The van der Waals surface area contributed by atoms with E-state index >= 15 is 0 Å². The van der Waals surface area contributed by atoms with Gasteiger partial charge in [0.15, 0.2) is 6.10 Å². The molecule has 1 aliphatic carbocycles. The van der Waals surface area contributed by atoms with E-state index in [1.165, 1.54) is 128 Å². The molecule has 0 amide bonds. The summed E-state index contributed by atoms with van der Waals surface area (Å²) in [6.07, 6.45) is 45.8. The van der Waals surface area contributed by atoms with Gasteiger partial charge in [0.05, 0.1) is 6.61 Å². The first kappa shape index (κ1) is 67.8. The minimum Gasteiger partial charge on any atom is -0.462 e. The lowest BCUT2D eigenvalue weighted by Crippen LogP contribution is -2.64. The summed E-state index contributed by atoms with van der Waals surface area (Å²) in [5, 5.41) is 50.4. The lowest BCUT2D eigenvalue weighted by atomic mass is 9.85. The SMILES string of the molecule is CC/C=C\C/C=C\C/C=C\C/C=C\CCCCCCCCCCC(=O)OC(COC(=O)CCCCCCCCCCCCCCCCCCCCCCCC)COP(=O)(O)OC1C(O)C(O)C(O)C(O)C1O. The van der Waals surface area contributed by atoms with Crippen LogP contribution in [0.15, 0.2) is 48.6 Å². The minimum atomic E-state index is -5.13. The van der Waals surface area contributed by atoms with E-state index in [1.54, 1.807) is 0 Å². The predicted octanol–water partition coefficient (Wildman–Crippen LogP) is 13.5. The van der Waals surface area contributed by atoms with Crippen molar-refractivity contribution in [2.75, 3.05) is 13.2 Å². The summed E-state index contributed by atoms with van der Waals surface area (Å²) in [4.78, 5) is 36.0. The van der Waals surface area contributed by atoms with Crippen LogP contribution >= 0.6 is 7.82 Å². The van der Waals surface area contributed by atoms with Gasteiger partial charge >= 0.3 is 19.8 Å². The highest BCUT2D eigenvalue weighted by Crippen LogP contribution is 2.47. The number of ether oxygens (including phenoxy) is 2. The molecule has 0 aromatic rings. The Bertz CT molecular complexity index is 1440. The number of unbranched alkanes of at least 4 members (excludes halogenated alkanes) is 29. The number of carbonyl (C=O) groups is 2. The van der Waals surface area contributed by atoms with Crippen molar-refractivity contribution < 1.29 is 63.1 Å². The maximum atomic E-state index is 12.9. The van der Waals surface area contributed by atoms with E-state index in [2.05, 4.69) is 62.5 Å². The fraction of sp³-hybridized carbons (Fsp3) is 0.828. The number of carbonyl (C=O) groups excluding carboxylic acids is 2. The molecule has 1 fully saturated rings. The van der Waals surface area contributed by atoms with Gasteiger partial charge < -0.3 is 39.9 Å². The fourth-order valence-corrected chi connectivity index (χ4v) is 9.84. The molecule has 0 heterocycles. The van der Waals surface area contributed by atoms with E-state index in [1.807, 2.05) is 0 Å². The van der Waals surface area contributed by atoms with E-state index in [4.69, 9.17) is 18.5 Å². The summed E-state index contributed by atoms with van der Waals surface area (Å²) < 4.78 is 33.8. The number of phosphoric ester groups is 1. The van der Waals surface area contributed by atoms with Gasteiger partial charge in [0, 0.05) is 12.8 Å². The van der Waals surface area contributed by atoms with E-state index in [0.29, 0.717) is 12.8 Å². The Hall–Kier alpha value is -2.19. The van der Waals surface area contributed by atoms with Crippen molar-refractivity contribution in [3.8, 4) is 0 Å². The molecule has 0 saturated heterocycles. The third kappa shape index (κ3) is 38.4. The molecule has 1 rings (SSSR count). The first-order valence-corrected chi connectivity index (χ1v) is 30.4. The second kappa shape index (κ2) is 47.3. The normalized spacial score (nSPS) is 20.8. The Labute approximate surface area is 437 Å². The second-order valence-electron chi connectivity index (χ2n) is 20.1. The van der Waals surface area contributed by atoms with Gasteiger partial charge in [-0.3, -0.25) is 18.6 Å². The molecule has 72 heavy (non-hydrogen) atoms. The average Bonchev–Trinajstić information content (AvgIpc) is 3.36. The van der Waals surface area contributed by atoms with Crippen LogP contribution in [0.3, 0.4) is 0 Å². The monoisotopic (exact) mass is 1040 g/mol. The topological polar surface area (TPSA) is 210 Å². The van der Waals surface area contributed by atoms with Crippen LogP contribution in [0.2, 0.25) is 0 Å². The van der Waals surface area contributed by atoms with Crippen LogP contribution in [-0.2, 0) is 32.7 Å². The third-order valence-corrected chi connectivity index (χ3v) is 14.4. The van der Waals surface area contributed by atoms with E-state index in [-0.39, 0.29) is 12.8 Å². The minimum absolute atomic E-state index is 0.0879. The molecule has 0 aromatic carbocycles. The van der Waals surface area contributed by atoms with Gasteiger partial charge in [-0.2, -0.15) is 0 Å². The number of hydrogen-bond acceptors (Lipinski definition) is 12. The second-order valence-corrected chi connectivity index (χ2v) is 21.5. The van der Waals surface area contributed by atoms with Crippen LogP contribution in [0.1, 0.15) is 251 Å². The number of hydrogen-bond donors (Lipinski definition) is 6. The summed E-state index contributed by atoms with van der Waals surface area (Å²) in [7, 11) is -5.13. The highest BCUT2D eigenvalue weighted by molar-refractivity contribution is 7.47. The Morgan fingerprint density at radius 2 is 0.792 bits per heavy atom. The van der Waals surface area contributed by atoms with Crippen molar-refractivity contribution in [3.63, 3.8) is 0 Å². The molecular formula is C58H105O13P. The molecule has 6 N–H and O–H groups in total. The zero-order valence-electron chi connectivity index (χ0n) is 45.2. The molecule has 1 saturated carbocycles. The number of aliphatic hydroxyl groups excluding tert-OH is 5. The first-order valence-electron chi connectivity index (χ1n) is 28.9. The molecule has 0 radical (unpaired) electrons. The van der Waals surface area contributed by atoms with Gasteiger partial charge in [-0.05, 0) is 51.4 Å². The van der Waals surface area contributed by atoms with Gasteiger partial charge in [-0.1, -0.05) is 236 Å². The van der Waals surface area contributed by atoms with Gasteiger partial charge in [0.1, 0.15) is 43.2 Å². The van der Waals surface area contributed by atoms with Crippen molar-refractivity contribution in [1.29, 1.82) is 0 Å². The summed E-state index contributed by atoms with van der Waals surface area (Å²) in [5.41, 5.74) is 0. The Morgan fingerprint density at radius 3 is 1.21 bits per heavy atom. The molecule has 0 bridgehead atoms. The Kier molecular flexibility index (Phi) is 44.5. The van der Waals surface area contributed by atoms with Crippen molar-refractivity contribution >= 4 is 19.8 Å². The molecule has 420 valence electrons. The number of phosphoric acid groups is 1. The van der Waals surface area contributed by atoms with Crippen LogP contribution in [-0.4, -0.2) is 98.3 Å². The summed E-state index contributed by atoms with van der Waals surface area (Å²) >= 11 is 0. The summed E-state index contributed by atoms with van der Waals surface area (Å²) in [5.74, 6) is -1.10. The number of aliphatic hydroxyl groups is 5. The highest BCUT2D eigenvalue weighted by atomic mass is 31.2. The zero-order valence-corrected chi connectivity index (χ0v) is 46.1. The molecule has 1 aliphatic rings. The van der Waals surface area contributed by atoms with Crippen molar-refractivity contribution in [2.45, 2.75) is 294 Å². The smallest absolute Gasteiger partial charge is 0.462 e. The zero-order chi connectivity index (χ0) is 52.8. The van der Waals surface area contributed by atoms with Gasteiger partial charge in [0.2, 0.25) is 0 Å². The number of esters is 2. The largest absolute Gasteiger partial charge is 0.472 e. The van der Waals surface area contributed by atoms with E-state index in [0.717, 1.165) is 83.5 Å². The molecule has 6 unspecified atom stereocenters. The van der Waals surface area contributed by atoms with Gasteiger partial charge in [-0.15, -0.1) is 0 Å². The van der Waals surface area contributed by atoms with Crippen molar-refractivity contribution in [1.82, 2.24) is 0 Å². The van der Waals surface area contributed by atoms with Crippen LogP contribution < -0.4 is 0 Å². The maximum Gasteiger partial charge on any atom is 0.472 e. The molecule has 6 atom stereocenters. The Balaban J connectivity index is 2.33. The lowest BCUT2D eigenvalue weighted by Gasteiger charge is -2.41. The Morgan fingerprint density at radius 1 is 0.444 bits per heavy atom. The first-order chi connectivity index (χ1) is 34.9. The van der Waals surface area contributed by atoms with Crippen LogP contribution in [0, 0.1) is 0 Å². The van der Waals surface area contributed by atoms with Gasteiger partial charge in [0.25, 0.3) is 0 Å². The number of allylic oxidation sites excluding steroid dienone is 8. The standard InChI is InChI=1S/C58H105O13P/c1-3-5-7-9-11-13-15-17-19-21-23-25-27-28-30-32-34-36-38-40-42-44-46-51(59)68-48-50(49-69-72(66,67)71-58-56(64)54(62)53(61)55(63)57(58)65)70-52(60)47-45-43-41-39-37-35-33-31-29-26-24-22-20-18-16-14-12-10-8-6-4-2/h6,8,12,14,18,20,24,26,50,53-58,61-65H,3-5,7,9-11,13,15-17,19,21-23,25,27-49H2,1-2H3,(H,66,67)/b8-6-,14-12-,20-18-,26-24-. The molecule has 0 aliphatic heterocycles. The fourth-order valence-electron chi connectivity index (χ4n) is 8.87. The maximum absolute atomic E-state index is 12.9. The molecular weight excluding hydrogens is 936 g/mol. The summed E-state index contributed by atoms with van der Waals surface area (Å²) in [6, 6.07) is 0. The quantitative estimate of drug-likeness (QED) is 0.0145. The summed E-state index contributed by atoms with van der Waals surface area (Å²) in [6.45, 7) is 3.24. The van der Waals surface area contributed by atoms with Crippen LogP contribution in [0.25, 0.3) is 0 Å². The number of rotatable bonds is 49. The van der Waals surface area contributed by atoms with E-state index in [9.17, 15) is 44.6 Å². The van der Waals surface area contributed by atoms with E-state index < -0.39 is 75.7 Å². The molecule has 14 heteroatoms. The van der Waals surface area contributed by atoms with Crippen LogP contribution in [0.4, 0.5) is 0 Å².